The molecular weight excluding hydrogens is 498 g/mol. The molecule has 0 radical (unpaired) electrons. The third-order valence-electron chi connectivity index (χ3n) is 6.06. The maximum atomic E-state index is 13.7. The van der Waals surface area contributed by atoms with E-state index in [1.807, 2.05) is 6.07 Å². The Morgan fingerprint density at radius 1 is 1.21 bits per heavy atom. The van der Waals surface area contributed by atoms with E-state index in [-0.39, 0.29) is 23.7 Å². The van der Waals surface area contributed by atoms with E-state index in [9.17, 15) is 36.0 Å². The number of nitrogens with zero attached hydrogens (tertiary/aromatic N) is 2. The summed E-state index contributed by atoms with van der Waals surface area (Å²) in [6.07, 6.45) is -4.35. The molecule has 2 fully saturated rings. The predicted molar refractivity (Wildman–Crippen MR) is 115 cm³/mol. The van der Waals surface area contributed by atoms with E-state index in [1.54, 1.807) is 0 Å². The Hall–Kier alpha value is -2.84. The maximum Gasteiger partial charge on any atom is 0.417 e. The van der Waals surface area contributed by atoms with E-state index in [2.05, 4.69) is 5.32 Å². The minimum absolute atomic E-state index is 0.232. The second-order valence-corrected chi connectivity index (χ2v) is 11.0. The number of amides is 1. The number of alkyl halides is 3. The molecule has 1 N–H and O–H groups in total. The quantitative estimate of drug-likeness (QED) is 0.606. The molecule has 2 aliphatic rings. The van der Waals surface area contributed by atoms with E-state index in [0.717, 1.165) is 18.2 Å². The number of carbonyl (C=O) groups excluding carboxylic acids is 1. The fourth-order valence-corrected chi connectivity index (χ4v) is 6.14. The zero-order valence-corrected chi connectivity index (χ0v) is 19.0. The van der Waals surface area contributed by atoms with Crippen molar-refractivity contribution in [2.75, 3.05) is 11.4 Å². The van der Waals surface area contributed by atoms with Gasteiger partial charge in [-0.05, 0) is 49.6 Å². The van der Waals surface area contributed by atoms with Crippen molar-refractivity contribution in [3.63, 3.8) is 0 Å². The molecule has 2 atom stereocenters. The number of sulfone groups is 1. The molecule has 0 spiro atoms. The van der Waals surface area contributed by atoms with Crippen molar-refractivity contribution < 1.29 is 30.8 Å². The Balaban J connectivity index is 1.72. The summed E-state index contributed by atoms with van der Waals surface area (Å²) < 4.78 is 80.9. The van der Waals surface area contributed by atoms with Gasteiger partial charge < -0.3 is 10.2 Å². The van der Waals surface area contributed by atoms with Crippen molar-refractivity contribution >= 4 is 33.0 Å². The number of benzene rings is 2. The summed E-state index contributed by atoms with van der Waals surface area (Å²) in [5.41, 5.74) is -2.10. The zero-order valence-electron chi connectivity index (χ0n) is 17.4. The SMILES string of the molecule is N#CC1(NC(=O)C2CC(S(=O)(=O)c3ccccc3C(F)(F)F)CN2c2ccc(F)c(Cl)c2)CC1. The number of hydrogen-bond acceptors (Lipinski definition) is 5. The van der Waals surface area contributed by atoms with Crippen LogP contribution in [0.4, 0.5) is 23.2 Å². The summed E-state index contributed by atoms with van der Waals surface area (Å²) in [5, 5.41) is 10.3. The Bertz CT molecular complexity index is 1290. The highest BCUT2D eigenvalue weighted by Crippen LogP contribution is 2.40. The van der Waals surface area contributed by atoms with Gasteiger partial charge in [0.05, 0.1) is 26.8 Å². The predicted octanol–water partition coefficient (Wildman–Crippen LogP) is 4.09. The average Bonchev–Trinajstić information content (AvgIpc) is 3.40. The highest BCUT2D eigenvalue weighted by molar-refractivity contribution is 7.92. The highest BCUT2D eigenvalue weighted by atomic mass is 35.5. The number of anilines is 1. The minimum atomic E-state index is -4.89. The van der Waals surface area contributed by atoms with Gasteiger partial charge >= 0.3 is 6.18 Å². The fraction of sp³-hybridized carbons (Fsp3) is 0.364. The van der Waals surface area contributed by atoms with Crippen molar-refractivity contribution in [2.45, 2.75) is 47.2 Å². The molecule has 1 amide bonds. The molecule has 1 saturated heterocycles. The van der Waals surface area contributed by atoms with Gasteiger partial charge in [-0.3, -0.25) is 4.79 Å². The van der Waals surface area contributed by atoms with Crippen LogP contribution in [-0.2, 0) is 20.8 Å². The van der Waals surface area contributed by atoms with E-state index in [1.165, 1.54) is 23.1 Å². The molecule has 2 aromatic carbocycles. The molecule has 12 heteroatoms. The van der Waals surface area contributed by atoms with Crippen LogP contribution in [0.1, 0.15) is 24.8 Å². The van der Waals surface area contributed by atoms with E-state index < -0.39 is 55.0 Å². The first kappa shape index (κ1) is 24.3. The third kappa shape index (κ3) is 4.44. The standard InChI is InChI=1S/C22H18ClF4N3O3S/c23-16-9-13(5-6-17(16)24)30-11-14(10-18(30)20(31)29-21(12-28)7-8-21)34(32,33)19-4-2-1-3-15(19)22(25,26)27/h1-6,9,14,18H,7-8,10-11H2,(H,29,31). The molecule has 6 nitrogen and oxygen atoms in total. The van der Waals surface area contributed by atoms with Gasteiger partial charge in [0.2, 0.25) is 5.91 Å². The smallest absolute Gasteiger partial charge is 0.358 e. The monoisotopic (exact) mass is 515 g/mol. The van der Waals surface area contributed by atoms with E-state index >= 15 is 0 Å². The van der Waals surface area contributed by atoms with E-state index in [0.29, 0.717) is 18.9 Å². The van der Waals surface area contributed by atoms with Crippen molar-refractivity contribution in [1.82, 2.24) is 5.32 Å². The summed E-state index contributed by atoms with van der Waals surface area (Å²) in [7, 11) is -4.53. The number of carbonyl (C=O) groups is 1. The summed E-state index contributed by atoms with van der Waals surface area (Å²) in [5.74, 6) is -1.36. The number of nitriles is 1. The highest BCUT2D eigenvalue weighted by Gasteiger charge is 2.50. The van der Waals surface area contributed by atoms with Gasteiger partial charge in [-0.15, -0.1) is 0 Å². The number of hydrogen-bond donors (Lipinski definition) is 1. The van der Waals surface area contributed by atoms with Crippen LogP contribution in [0.15, 0.2) is 47.4 Å². The molecule has 0 bridgehead atoms. The second kappa shape index (κ2) is 8.43. The molecular formula is C22H18ClF4N3O3S. The fourth-order valence-electron chi connectivity index (χ4n) is 4.06. The molecule has 180 valence electrons. The summed E-state index contributed by atoms with van der Waals surface area (Å²) >= 11 is 5.86. The van der Waals surface area contributed by atoms with Crippen molar-refractivity contribution in [2.24, 2.45) is 0 Å². The summed E-state index contributed by atoms with van der Waals surface area (Å²) in [6.45, 7) is -0.325. The minimum Gasteiger partial charge on any atom is -0.358 e. The van der Waals surface area contributed by atoms with Gasteiger partial charge in [0, 0.05) is 12.2 Å². The van der Waals surface area contributed by atoms with Crippen LogP contribution in [0.5, 0.6) is 0 Å². The first-order valence-electron chi connectivity index (χ1n) is 10.2. The first-order chi connectivity index (χ1) is 15.9. The lowest BCUT2D eigenvalue weighted by atomic mass is 10.1. The normalized spacial score (nSPS) is 21.7. The molecule has 2 unspecified atom stereocenters. The van der Waals surface area contributed by atoms with Crippen LogP contribution in [0.2, 0.25) is 5.02 Å². The van der Waals surface area contributed by atoms with Crippen molar-refractivity contribution in [3.05, 3.63) is 58.9 Å². The lowest BCUT2D eigenvalue weighted by molar-refractivity contribution is -0.139. The van der Waals surface area contributed by atoms with Gasteiger partial charge in [-0.2, -0.15) is 18.4 Å². The zero-order chi connectivity index (χ0) is 24.9. The molecule has 1 aliphatic carbocycles. The van der Waals surface area contributed by atoms with Crippen LogP contribution < -0.4 is 10.2 Å². The number of rotatable bonds is 5. The van der Waals surface area contributed by atoms with Gasteiger partial charge in [-0.25, -0.2) is 12.8 Å². The maximum absolute atomic E-state index is 13.7. The Labute approximate surface area is 198 Å². The first-order valence-corrected chi connectivity index (χ1v) is 12.2. The lowest BCUT2D eigenvalue weighted by Gasteiger charge is -2.27. The van der Waals surface area contributed by atoms with Crippen LogP contribution in [-0.4, -0.2) is 37.7 Å². The molecule has 2 aromatic rings. The topological polar surface area (TPSA) is 90.3 Å². The van der Waals surface area contributed by atoms with Crippen LogP contribution in [0.25, 0.3) is 0 Å². The molecule has 34 heavy (non-hydrogen) atoms. The molecule has 1 aliphatic heterocycles. The van der Waals surface area contributed by atoms with Crippen LogP contribution in [0.3, 0.4) is 0 Å². The number of nitrogens with one attached hydrogen (secondary N) is 1. The van der Waals surface area contributed by atoms with E-state index in [4.69, 9.17) is 11.6 Å². The summed E-state index contributed by atoms with van der Waals surface area (Å²) in [4.78, 5) is 13.5. The molecule has 4 rings (SSSR count). The van der Waals surface area contributed by atoms with Crippen LogP contribution >= 0.6 is 11.6 Å². The van der Waals surface area contributed by atoms with Gasteiger partial charge in [0.15, 0.2) is 9.84 Å². The Morgan fingerprint density at radius 2 is 1.88 bits per heavy atom. The molecule has 1 heterocycles. The lowest BCUT2D eigenvalue weighted by Crippen LogP contribution is -2.47. The molecule has 0 aromatic heterocycles. The third-order valence-corrected chi connectivity index (χ3v) is 8.54. The van der Waals surface area contributed by atoms with Gasteiger partial charge in [0.1, 0.15) is 17.4 Å². The summed E-state index contributed by atoms with van der Waals surface area (Å²) in [6, 6.07) is 8.32. The Kier molecular flexibility index (Phi) is 6.02. The number of halogens is 5. The van der Waals surface area contributed by atoms with Crippen LogP contribution in [0, 0.1) is 17.1 Å². The van der Waals surface area contributed by atoms with Crippen molar-refractivity contribution in [3.8, 4) is 6.07 Å². The average molecular weight is 516 g/mol. The van der Waals surface area contributed by atoms with Gasteiger partial charge in [-0.1, -0.05) is 23.7 Å². The molecule has 1 saturated carbocycles. The largest absolute Gasteiger partial charge is 0.417 e. The second-order valence-electron chi connectivity index (χ2n) is 8.35. The van der Waals surface area contributed by atoms with Crippen molar-refractivity contribution in [1.29, 1.82) is 5.26 Å². The Morgan fingerprint density at radius 3 is 2.47 bits per heavy atom. The van der Waals surface area contributed by atoms with Gasteiger partial charge in [0.25, 0.3) is 0 Å².